The van der Waals surface area contributed by atoms with E-state index in [9.17, 15) is 10.1 Å². The van der Waals surface area contributed by atoms with E-state index >= 15 is 0 Å². The van der Waals surface area contributed by atoms with Crippen LogP contribution in [0.3, 0.4) is 0 Å². The molecule has 0 N–H and O–H groups in total. The Kier molecular flexibility index (Phi) is 4.29. The largest absolute Gasteiger partial charge is 0.457 e. The van der Waals surface area contributed by atoms with Gasteiger partial charge in [0, 0.05) is 11.6 Å². The second-order valence-corrected chi connectivity index (χ2v) is 5.69. The van der Waals surface area contributed by atoms with E-state index in [1.54, 1.807) is 12.1 Å². The average molecular weight is 319 g/mol. The molecule has 0 amide bonds. The zero-order chi connectivity index (χ0) is 17.1. The van der Waals surface area contributed by atoms with Crippen LogP contribution >= 0.6 is 0 Å². The summed E-state index contributed by atoms with van der Waals surface area (Å²) in [6.45, 7) is 3.87. The third kappa shape index (κ3) is 3.27. The number of nitrogens with zero attached hydrogens (tertiary/aromatic N) is 1. The van der Waals surface area contributed by atoms with Gasteiger partial charge < -0.3 is 4.74 Å². The number of hydrogen-bond acceptors (Lipinski definition) is 3. The minimum absolute atomic E-state index is 0.0733. The maximum Gasteiger partial charge on any atom is 0.277 e. The summed E-state index contributed by atoms with van der Waals surface area (Å²) in [5.41, 5.74) is 3.33. The first-order chi connectivity index (χ1) is 11.5. The van der Waals surface area contributed by atoms with Gasteiger partial charge in [-0.25, -0.2) is 0 Å². The number of hydrogen-bond donors (Lipinski definition) is 0. The molecule has 0 bridgehead atoms. The van der Waals surface area contributed by atoms with Gasteiger partial charge in [0.1, 0.15) is 11.5 Å². The maximum atomic E-state index is 11.4. The van der Waals surface area contributed by atoms with Gasteiger partial charge in [-0.1, -0.05) is 41.5 Å². The molecule has 0 atom stereocenters. The molecule has 0 aliphatic carbocycles. The molecular weight excluding hydrogens is 302 g/mol. The molecule has 0 radical (unpaired) electrons. The number of para-hydroxylation sites is 1. The van der Waals surface area contributed by atoms with Crippen molar-refractivity contribution in [3.63, 3.8) is 0 Å². The number of ether oxygens (including phenoxy) is 1. The van der Waals surface area contributed by atoms with Crippen LogP contribution in [0.4, 0.5) is 5.69 Å². The summed E-state index contributed by atoms with van der Waals surface area (Å²) in [5, 5.41) is 11.4. The molecule has 3 rings (SSSR count). The van der Waals surface area contributed by atoms with Gasteiger partial charge in [-0.05, 0) is 44.2 Å². The predicted octanol–water partition coefficient (Wildman–Crippen LogP) is 5.67. The first-order valence-corrected chi connectivity index (χ1v) is 7.63. The Balaban J connectivity index is 2.16. The fourth-order valence-corrected chi connectivity index (χ4v) is 2.58. The highest BCUT2D eigenvalue weighted by Crippen LogP contribution is 2.39. The van der Waals surface area contributed by atoms with Gasteiger partial charge in [-0.3, -0.25) is 10.1 Å². The Morgan fingerprint density at radius 2 is 1.46 bits per heavy atom. The van der Waals surface area contributed by atoms with E-state index in [0.29, 0.717) is 22.6 Å². The SMILES string of the molecule is Cc1ccc(Oc2ccccc2)c(-c2cc(C)ccc2[N+](=O)[O-])c1. The molecule has 0 aliphatic rings. The van der Waals surface area contributed by atoms with E-state index in [2.05, 4.69) is 0 Å². The van der Waals surface area contributed by atoms with Crippen molar-refractivity contribution >= 4 is 5.69 Å². The van der Waals surface area contributed by atoms with Crippen molar-refractivity contribution in [1.82, 2.24) is 0 Å². The lowest BCUT2D eigenvalue weighted by molar-refractivity contribution is -0.384. The molecule has 0 aliphatic heterocycles. The van der Waals surface area contributed by atoms with E-state index in [0.717, 1.165) is 11.1 Å². The Morgan fingerprint density at radius 1 is 0.833 bits per heavy atom. The van der Waals surface area contributed by atoms with Crippen molar-refractivity contribution in [3.05, 3.63) is 88.0 Å². The Labute approximate surface area is 140 Å². The molecule has 3 aromatic carbocycles. The molecule has 0 spiro atoms. The maximum absolute atomic E-state index is 11.4. The van der Waals surface area contributed by atoms with Crippen LogP contribution in [0.5, 0.6) is 11.5 Å². The van der Waals surface area contributed by atoms with Gasteiger partial charge >= 0.3 is 0 Å². The van der Waals surface area contributed by atoms with E-state index in [-0.39, 0.29) is 10.6 Å². The zero-order valence-corrected chi connectivity index (χ0v) is 13.5. The summed E-state index contributed by atoms with van der Waals surface area (Å²) in [6.07, 6.45) is 0. The molecule has 0 fully saturated rings. The molecule has 0 unspecified atom stereocenters. The second kappa shape index (κ2) is 6.54. The summed E-state index contributed by atoms with van der Waals surface area (Å²) in [4.78, 5) is 11.1. The number of rotatable bonds is 4. The second-order valence-electron chi connectivity index (χ2n) is 5.69. The van der Waals surface area contributed by atoms with Gasteiger partial charge in [0.05, 0.1) is 10.5 Å². The van der Waals surface area contributed by atoms with Crippen molar-refractivity contribution in [3.8, 4) is 22.6 Å². The molecule has 120 valence electrons. The van der Waals surface area contributed by atoms with Crippen LogP contribution in [0.25, 0.3) is 11.1 Å². The Morgan fingerprint density at radius 3 is 2.12 bits per heavy atom. The van der Waals surface area contributed by atoms with Crippen molar-refractivity contribution in [2.45, 2.75) is 13.8 Å². The molecule has 0 aromatic heterocycles. The summed E-state index contributed by atoms with van der Waals surface area (Å²) in [6, 6.07) is 20.2. The van der Waals surface area contributed by atoms with Gasteiger partial charge in [0.25, 0.3) is 5.69 Å². The highest BCUT2D eigenvalue weighted by molar-refractivity contribution is 5.79. The number of benzene rings is 3. The zero-order valence-electron chi connectivity index (χ0n) is 13.5. The van der Waals surface area contributed by atoms with Gasteiger partial charge in [-0.2, -0.15) is 0 Å². The molecule has 0 saturated carbocycles. The molecule has 4 heteroatoms. The molecule has 4 nitrogen and oxygen atoms in total. The third-order valence-corrected chi connectivity index (χ3v) is 3.75. The Bertz CT molecular complexity index is 889. The standard InChI is InChI=1S/C20H17NO3/c1-14-8-10-19(21(22)23)17(12-14)18-13-15(2)9-11-20(18)24-16-6-4-3-5-7-16/h3-13H,1-2H3. The van der Waals surface area contributed by atoms with Crippen LogP contribution in [-0.2, 0) is 0 Å². The number of nitro groups is 1. The Hall–Kier alpha value is -3.14. The molecule has 3 aromatic rings. The summed E-state index contributed by atoms with van der Waals surface area (Å²) in [7, 11) is 0. The molecular formula is C20H17NO3. The van der Waals surface area contributed by atoms with Crippen LogP contribution in [0.15, 0.2) is 66.7 Å². The molecule has 0 saturated heterocycles. The number of aryl methyl sites for hydroxylation is 2. The first kappa shape index (κ1) is 15.7. The van der Waals surface area contributed by atoms with Crippen molar-refractivity contribution in [2.24, 2.45) is 0 Å². The van der Waals surface area contributed by atoms with E-state index < -0.39 is 0 Å². The number of nitro benzene ring substituents is 1. The van der Waals surface area contributed by atoms with Crippen LogP contribution in [0.1, 0.15) is 11.1 Å². The molecule has 0 heterocycles. The lowest BCUT2D eigenvalue weighted by Gasteiger charge is -2.13. The van der Waals surface area contributed by atoms with Crippen LogP contribution in [0.2, 0.25) is 0 Å². The average Bonchev–Trinajstić information content (AvgIpc) is 2.57. The lowest BCUT2D eigenvalue weighted by Crippen LogP contribution is -1.95. The smallest absolute Gasteiger partial charge is 0.277 e. The van der Waals surface area contributed by atoms with Crippen molar-refractivity contribution in [2.75, 3.05) is 0 Å². The van der Waals surface area contributed by atoms with Gasteiger partial charge in [0.15, 0.2) is 0 Å². The monoisotopic (exact) mass is 319 g/mol. The van der Waals surface area contributed by atoms with Gasteiger partial charge in [0.2, 0.25) is 0 Å². The van der Waals surface area contributed by atoms with Crippen LogP contribution in [0, 0.1) is 24.0 Å². The predicted molar refractivity (Wildman–Crippen MR) is 94.5 cm³/mol. The van der Waals surface area contributed by atoms with E-state index in [1.807, 2.05) is 68.4 Å². The summed E-state index contributed by atoms with van der Waals surface area (Å²) >= 11 is 0. The minimum Gasteiger partial charge on any atom is -0.457 e. The molecule has 24 heavy (non-hydrogen) atoms. The normalized spacial score (nSPS) is 10.4. The van der Waals surface area contributed by atoms with E-state index in [1.165, 1.54) is 0 Å². The van der Waals surface area contributed by atoms with Crippen molar-refractivity contribution in [1.29, 1.82) is 0 Å². The van der Waals surface area contributed by atoms with Crippen LogP contribution in [-0.4, -0.2) is 4.92 Å². The lowest BCUT2D eigenvalue weighted by atomic mass is 9.99. The highest BCUT2D eigenvalue weighted by atomic mass is 16.6. The fourth-order valence-electron chi connectivity index (χ4n) is 2.58. The fraction of sp³-hybridized carbons (Fsp3) is 0.100. The summed E-state index contributed by atoms with van der Waals surface area (Å²) < 4.78 is 5.97. The topological polar surface area (TPSA) is 52.4 Å². The third-order valence-electron chi connectivity index (χ3n) is 3.75. The van der Waals surface area contributed by atoms with Crippen LogP contribution < -0.4 is 4.74 Å². The highest BCUT2D eigenvalue weighted by Gasteiger charge is 2.19. The van der Waals surface area contributed by atoms with Crippen molar-refractivity contribution < 1.29 is 9.66 Å². The first-order valence-electron chi connectivity index (χ1n) is 7.63. The van der Waals surface area contributed by atoms with E-state index in [4.69, 9.17) is 4.74 Å². The van der Waals surface area contributed by atoms with Gasteiger partial charge in [-0.15, -0.1) is 0 Å². The minimum atomic E-state index is -0.358. The quantitative estimate of drug-likeness (QED) is 0.460. The summed E-state index contributed by atoms with van der Waals surface area (Å²) in [5.74, 6) is 1.29.